The van der Waals surface area contributed by atoms with E-state index >= 15 is 0 Å². The first-order valence-electron chi connectivity index (χ1n) is 8.83. The van der Waals surface area contributed by atoms with Crippen LogP contribution in [0.3, 0.4) is 0 Å². The summed E-state index contributed by atoms with van der Waals surface area (Å²) in [7, 11) is 0. The molecule has 0 saturated carbocycles. The minimum absolute atomic E-state index is 0.0656. The lowest BCUT2D eigenvalue weighted by molar-refractivity contribution is -0.384. The SMILES string of the molecule is O=C(Oc1c(-c2ccc(Cl)cc2Cl)oc2ccccc2c1=O)c1cccc([N+](=O)[O-])c1. The Hall–Kier alpha value is -3.68. The number of fused-ring (bicyclic) bond motifs is 1. The van der Waals surface area contributed by atoms with Gasteiger partial charge in [0.2, 0.25) is 11.2 Å². The molecule has 154 valence electrons. The average molecular weight is 456 g/mol. The minimum atomic E-state index is -0.961. The van der Waals surface area contributed by atoms with E-state index in [1.54, 1.807) is 24.3 Å². The number of carbonyl (C=O) groups is 1. The number of nitrogens with zero attached hydrogens (tertiary/aromatic N) is 1. The molecule has 0 unspecified atom stereocenters. The normalized spacial score (nSPS) is 10.8. The van der Waals surface area contributed by atoms with Gasteiger partial charge in [0.05, 0.1) is 20.9 Å². The highest BCUT2D eigenvalue weighted by atomic mass is 35.5. The first-order valence-corrected chi connectivity index (χ1v) is 9.58. The Balaban J connectivity index is 1.89. The van der Waals surface area contributed by atoms with E-state index in [1.165, 1.54) is 36.4 Å². The topological polar surface area (TPSA) is 99.7 Å². The van der Waals surface area contributed by atoms with Crippen molar-refractivity contribution in [3.05, 3.63) is 103 Å². The molecular formula is C22H11Cl2NO6. The summed E-state index contributed by atoms with van der Waals surface area (Å²) in [6.07, 6.45) is 0. The third-order valence-electron chi connectivity index (χ3n) is 4.42. The molecule has 0 bridgehead atoms. The van der Waals surface area contributed by atoms with Gasteiger partial charge >= 0.3 is 5.97 Å². The number of hydrogen-bond acceptors (Lipinski definition) is 6. The zero-order valence-corrected chi connectivity index (χ0v) is 17.0. The van der Waals surface area contributed by atoms with Crippen LogP contribution in [0.4, 0.5) is 5.69 Å². The van der Waals surface area contributed by atoms with Gasteiger partial charge in [0, 0.05) is 22.7 Å². The van der Waals surface area contributed by atoms with Crippen molar-refractivity contribution in [2.45, 2.75) is 0 Å². The first kappa shape index (κ1) is 20.6. The van der Waals surface area contributed by atoms with Crippen LogP contribution in [0.5, 0.6) is 5.75 Å². The van der Waals surface area contributed by atoms with Gasteiger partial charge < -0.3 is 9.15 Å². The van der Waals surface area contributed by atoms with Crippen molar-refractivity contribution in [1.29, 1.82) is 0 Å². The summed E-state index contributed by atoms with van der Waals surface area (Å²) in [6.45, 7) is 0. The molecule has 1 aromatic heterocycles. The first-order chi connectivity index (χ1) is 14.8. The molecule has 0 saturated heterocycles. The predicted molar refractivity (Wildman–Crippen MR) is 116 cm³/mol. The fourth-order valence-corrected chi connectivity index (χ4v) is 3.46. The summed E-state index contributed by atoms with van der Waals surface area (Å²) in [5, 5.41) is 11.7. The van der Waals surface area contributed by atoms with E-state index in [4.69, 9.17) is 32.4 Å². The van der Waals surface area contributed by atoms with Gasteiger partial charge in [-0.3, -0.25) is 14.9 Å². The van der Waals surface area contributed by atoms with E-state index < -0.39 is 16.3 Å². The Kier molecular flexibility index (Phi) is 5.46. The molecule has 4 rings (SSSR count). The minimum Gasteiger partial charge on any atom is -0.452 e. The van der Waals surface area contributed by atoms with Gasteiger partial charge in [-0.05, 0) is 36.4 Å². The lowest BCUT2D eigenvalue weighted by atomic mass is 10.1. The van der Waals surface area contributed by atoms with Gasteiger partial charge in [0.25, 0.3) is 5.69 Å². The van der Waals surface area contributed by atoms with Gasteiger partial charge in [-0.15, -0.1) is 0 Å². The summed E-state index contributed by atoms with van der Waals surface area (Å²) in [5.41, 5.74) is -0.433. The largest absolute Gasteiger partial charge is 0.452 e. The highest BCUT2D eigenvalue weighted by molar-refractivity contribution is 6.36. The van der Waals surface area contributed by atoms with Crippen molar-refractivity contribution in [3.8, 4) is 17.1 Å². The highest BCUT2D eigenvalue weighted by Gasteiger charge is 2.23. The van der Waals surface area contributed by atoms with Crippen molar-refractivity contribution in [1.82, 2.24) is 0 Å². The van der Waals surface area contributed by atoms with E-state index in [0.717, 1.165) is 6.07 Å². The molecule has 0 amide bonds. The molecule has 0 spiro atoms. The van der Waals surface area contributed by atoms with Crippen LogP contribution in [0.25, 0.3) is 22.3 Å². The van der Waals surface area contributed by atoms with Gasteiger partial charge in [-0.2, -0.15) is 0 Å². The third kappa shape index (κ3) is 4.01. The molecule has 7 nitrogen and oxygen atoms in total. The van der Waals surface area contributed by atoms with Gasteiger partial charge in [-0.1, -0.05) is 41.4 Å². The second kappa shape index (κ2) is 8.22. The Labute approximate surface area is 184 Å². The highest BCUT2D eigenvalue weighted by Crippen LogP contribution is 2.37. The number of esters is 1. The number of carbonyl (C=O) groups excluding carboxylic acids is 1. The summed E-state index contributed by atoms with van der Waals surface area (Å²) >= 11 is 12.2. The summed E-state index contributed by atoms with van der Waals surface area (Å²) in [6, 6.07) is 16.0. The molecule has 0 N–H and O–H groups in total. The van der Waals surface area contributed by atoms with Crippen LogP contribution in [0.2, 0.25) is 10.0 Å². The zero-order chi connectivity index (χ0) is 22.1. The second-order valence-electron chi connectivity index (χ2n) is 6.41. The summed E-state index contributed by atoms with van der Waals surface area (Å²) in [4.78, 5) is 36.2. The lowest BCUT2D eigenvalue weighted by Gasteiger charge is -2.12. The quantitative estimate of drug-likeness (QED) is 0.216. The molecule has 0 aliphatic rings. The summed E-state index contributed by atoms with van der Waals surface area (Å²) < 4.78 is 11.3. The third-order valence-corrected chi connectivity index (χ3v) is 4.97. The van der Waals surface area contributed by atoms with E-state index in [1.807, 2.05) is 0 Å². The molecule has 0 aliphatic carbocycles. The van der Waals surface area contributed by atoms with Gasteiger partial charge in [0.15, 0.2) is 5.76 Å². The average Bonchev–Trinajstić information content (AvgIpc) is 2.76. The van der Waals surface area contributed by atoms with E-state index in [9.17, 15) is 19.7 Å². The number of benzene rings is 3. The number of hydrogen-bond donors (Lipinski definition) is 0. The van der Waals surface area contributed by atoms with E-state index in [0.29, 0.717) is 5.02 Å². The number of para-hydroxylation sites is 1. The van der Waals surface area contributed by atoms with Crippen LogP contribution in [0.15, 0.2) is 75.9 Å². The Bertz CT molecular complexity index is 1410. The maximum Gasteiger partial charge on any atom is 0.344 e. The molecular weight excluding hydrogens is 445 g/mol. The number of rotatable bonds is 4. The van der Waals surface area contributed by atoms with Crippen molar-refractivity contribution in [3.63, 3.8) is 0 Å². The molecule has 4 aromatic rings. The number of nitro benzene ring substituents is 1. The Morgan fingerprint density at radius 3 is 2.52 bits per heavy atom. The fraction of sp³-hybridized carbons (Fsp3) is 0. The smallest absolute Gasteiger partial charge is 0.344 e. The maximum atomic E-state index is 13.1. The number of ether oxygens (including phenoxy) is 1. The molecule has 9 heteroatoms. The van der Waals surface area contributed by atoms with E-state index in [2.05, 4.69) is 0 Å². The van der Waals surface area contributed by atoms with Crippen LogP contribution in [-0.4, -0.2) is 10.9 Å². The van der Waals surface area contributed by atoms with Crippen molar-refractivity contribution < 1.29 is 18.9 Å². The molecule has 0 atom stereocenters. The Morgan fingerprint density at radius 2 is 1.77 bits per heavy atom. The summed E-state index contributed by atoms with van der Waals surface area (Å²) in [5.74, 6) is -1.42. The molecule has 0 radical (unpaired) electrons. The second-order valence-corrected chi connectivity index (χ2v) is 7.25. The standard InChI is InChI=1S/C22H11Cl2NO6/c23-13-8-9-15(17(24)11-13)20-21(19(26)16-6-1-2-7-18(16)30-20)31-22(27)12-4-3-5-14(10-12)25(28)29/h1-11H. The molecule has 31 heavy (non-hydrogen) atoms. The molecule has 0 fully saturated rings. The van der Waals surface area contributed by atoms with Crippen molar-refractivity contribution in [2.24, 2.45) is 0 Å². The van der Waals surface area contributed by atoms with Crippen molar-refractivity contribution >= 4 is 45.8 Å². The van der Waals surface area contributed by atoms with Crippen LogP contribution in [0.1, 0.15) is 10.4 Å². The molecule has 1 heterocycles. The molecule has 3 aromatic carbocycles. The van der Waals surface area contributed by atoms with Crippen LogP contribution in [0, 0.1) is 10.1 Å². The van der Waals surface area contributed by atoms with Gasteiger partial charge in [0.1, 0.15) is 5.58 Å². The van der Waals surface area contributed by atoms with E-state index in [-0.39, 0.29) is 44.3 Å². The van der Waals surface area contributed by atoms with Crippen LogP contribution < -0.4 is 10.2 Å². The van der Waals surface area contributed by atoms with Crippen LogP contribution in [-0.2, 0) is 0 Å². The number of nitro groups is 1. The van der Waals surface area contributed by atoms with Crippen LogP contribution >= 0.6 is 23.2 Å². The number of non-ortho nitro benzene ring substituents is 1. The van der Waals surface area contributed by atoms with Gasteiger partial charge in [-0.25, -0.2) is 4.79 Å². The predicted octanol–water partition coefficient (Wildman–Crippen LogP) is 5.89. The lowest BCUT2D eigenvalue weighted by Crippen LogP contribution is -2.16. The zero-order valence-electron chi connectivity index (χ0n) is 15.5. The number of halogens is 2. The van der Waals surface area contributed by atoms with Crippen molar-refractivity contribution in [2.75, 3.05) is 0 Å². The maximum absolute atomic E-state index is 13.1. The Morgan fingerprint density at radius 1 is 1.00 bits per heavy atom. The monoisotopic (exact) mass is 455 g/mol. The molecule has 0 aliphatic heterocycles. The fourth-order valence-electron chi connectivity index (χ4n) is 2.97.